The maximum absolute atomic E-state index is 5.92. The molecule has 3 atom stereocenters. The largest absolute Gasteiger partial charge is 0.476 e. The Hall–Kier alpha value is -1.49. The van der Waals surface area contributed by atoms with Gasteiger partial charge in [-0.2, -0.15) is 4.98 Å². The third-order valence-electron chi connectivity index (χ3n) is 4.48. The van der Waals surface area contributed by atoms with Gasteiger partial charge < -0.3 is 20.5 Å². The number of rotatable bonds is 5. The lowest BCUT2D eigenvalue weighted by Gasteiger charge is -2.21. The second-order valence-electron chi connectivity index (χ2n) is 6.21. The third kappa shape index (κ3) is 2.42. The summed E-state index contributed by atoms with van der Waals surface area (Å²) in [7, 11) is 0. The van der Waals surface area contributed by atoms with Gasteiger partial charge in [0.05, 0.1) is 30.5 Å². The molecule has 5 heteroatoms. The third-order valence-corrected chi connectivity index (χ3v) is 4.48. The zero-order valence-electron chi connectivity index (χ0n) is 11.5. The number of nitrogens with two attached hydrogens (primary N) is 1. The number of nitrogens with one attached hydrogen (secondary N) is 1. The minimum atomic E-state index is 0.343. The number of hydrogen-bond donors (Lipinski definition) is 2. The lowest BCUT2D eigenvalue weighted by molar-refractivity contribution is 0.102. The number of nitrogens with zero attached hydrogens (tertiary/aromatic N) is 1. The standard InChI is InChI=1S/C15H21N3O2/c16-11-4-6-14(18-15(11)19-8-9-1-2-9)17-12-7-10-3-5-13(12)20-10/h4,6,9-10,12-13H,1-3,5,7-8,16H2,(H,17,18). The molecule has 2 saturated heterocycles. The molecule has 3 heterocycles. The molecule has 5 nitrogen and oxygen atoms in total. The van der Waals surface area contributed by atoms with E-state index in [0.29, 0.717) is 35.7 Å². The molecule has 2 aliphatic heterocycles. The molecule has 0 radical (unpaired) electrons. The van der Waals surface area contributed by atoms with Crippen LogP contribution in [-0.2, 0) is 4.74 Å². The van der Waals surface area contributed by atoms with Gasteiger partial charge in [0.15, 0.2) is 0 Å². The van der Waals surface area contributed by atoms with E-state index in [0.717, 1.165) is 25.3 Å². The molecule has 2 bridgehead atoms. The first kappa shape index (κ1) is 12.3. The average molecular weight is 275 g/mol. The van der Waals surface area contributed by atoms with Crippen LogP contribution in [0.5, 0.6) is 5.88 Å². The van der Waals surface area contributed by atoms with Gasteiger partial charge in [-0.3, -0.25) is 0 Å². The minimum absolute atomic E-state index is 0.343. The highest BCUT2D eigenvalue weighted by Gasteiger charge is 2.40. The van der Waals surface area contributed by atoms with Crippen LogP contribution in [0.2, 0.25) is 0 Å². The molecule has 0 aromatic carbocycles. The van der Waals surface area contributed by atoms with Gasteiger partial charge in [-0.05, 0) is 50.2 Å². The van der Waals surface area contributed by atoms with Crippen LogP contribution in [-0.4, -0.2) is 29.8 Å². The molecule has 3 fully saturated rings. The predicted octanol–water partition coefficient (Wildman–Crippen LogP) is 2.18. The Bertz CT molecular complexity index is 504. The van der Waals surface area contributed by atoms with Crippen molar-refractivity contribution in [3.63, 3.8) is 0 Å². The lowest BCUT2D eigenvalue weighted by atomic mass is 9.95. The van der Waals surface area contributed by atoms with Crippen LogP contribution in [0.15, 0.2) is 12.1 Å². The number of fused-ring (bicyclic) bond motifs is 2. The normalized spacial score (nSPS) is 31.5. The highest BCUT2D eigenvalue weighted by molar-refractivity contribution is 5.54. The van der Waals surface area contributed by atoms with Crippen molar-refractivity contribution >= 4 is 11.5 Å². The van der Waals surface area contributed by atoms with Gasteiger partial charge in [-0.15, -0.1) is 0 Å². The summed E-state index contributed by atoms with van der Waals surface area (Å²) < 4.78 is 11.6. The molecule has 3 aliphatic rings. The summed E-state index contributed by atoms with van der Waals surface area (Å²) in [5, 5.41) is 3.47. The van der Waals surface area contributed by atoms with E-state index >= 15 is 0 Å². The van der Waals surface area contributed by atoms with Crippen molar-refractivity contribution in [3.8, 4) is 5.88 Å². The minimum Gasteiger partial charge on any atom is -0.476 e. The number of aromatic nitrogens is 1. The summed E-state index contributed by atoms with van der Waals surface area (Å²) in [6.07, 6.45) is 6.75. The molecule has 3 N–H and O–H groups in total. The van der Waals surface area contributed by atoms with Crippen LogP contribution in [0.1, 0.15) is 32.1 Å². The SMILES string of the molecule is Nc1ccc(NC2CC3CCC2O3)nc1OCC1CC1. The molecule has 1 saturated carbocycles. The van der Waals surface area contributed by atoms with Gasteiger partial charge in [-0.25, -0.2) is 0 Å². The average Bonchev–Trinajstić information content (AvgIpc) is 3.05. The number of ether oxygens (including phenoxy) is 2. The smallest absolute Gasteiger partial charge is 0.239 e. The molecule has 108 valence electrons. The van der Waals surface area contributed by atoms with Crippen molar-refractivity contribution in [3.05, 3.63) is 12.1 Å². The van der Waals surface area contributed by atoms with Gasteiger partial charge in [0.25, 0.3) is 0 Å². The quantitative estimate of drug-likeness (QED) is 0.862. The number of anilines is 2. The summed E-state index contributed by atoms with van der Waals surface area (Å²) in [4.78, 5) is 4.51. The van der Waals surface area contributed by atoms with Gasteiger partial charge in [0, 0.05) is 0 Å². The first-order chi connectivity index (χ1) is 9.78. The molecule has 0 spiro atoms. The van der Waals surface area contributed by atoms with Crippen molar-refractivity contribution in [2.45, 2.75) is 50.4 Å². The van der Waals surface area contributed by atoms with Crippen LogP contribution >= 0.6 is 0 Å². The van der Waals surface area contributed by atoms with Crippen LogP contribution in [0, 0.1) is 5.92 Å². The van der Waals surface area contributed by atoms with Gasteiger partial charge in [-0.1, -0.05) is 0 Å². The van der Waals surface area contributed by atoms with Crippen molar-refractivity contribution < 1.29 is 9.47 Å². The fourth-order valence-electron chi connectivity index (χ4n) is 3.11. The fourth-order valence-corrected chi connectivity index (χ4v) is 3.11. The van der Waals surface area contributed by atoms with Crippen molar-refractivity contribution in [2.75, 3.05) is 17.7 Å². The van der Waals surface area contributed by atoms with E-state index in [1.807, 2.05) is 12.1 Å². The summed E-state index contributed by atoms with van der Waals surface area (Å²) in [6.45, 7) is 0.734. The number of hydrogen-bond acceptors (Lipinski definition) is 5. The molecule has 1 aromatic rings. The van der Waals surface area contributed by atoms with Crippen molar-refractivity contribution in [1.82, 2.24) is 4.98 Å². The van der Waals surface area contributed by atoms with Gasteiger partial charge in [0.1, 0.15) is 5.82 Å². The highest BCUT2D eigenvalue weighted by atomic mass is 16.5. The Kier molecular flexibility index (Phi) is 2.95. The molecule has 1 aromatic heterocycles. The van der Waals surface area contributed by atoms with Crippen LogP contribution in [0.3, 0.4) is 0 Å². The summed E-state index contributed by atoms with van der Waals surface area (Å²) in [5.74, 6) is 2.10. The monoisotopic (exact) mass is 275 g/mol. The summed E-state index contributed by atoms with van der Waals surface area (Å²) >= 11 is 0. The second-order valence-corrected chi connectivity index (χ2v) is 6.21. The zero-order valence-corrected chi connectivity index (χ0v) is 11.5. The van der Waals surface area contributed by atoms with E-state index in [-0.39, 0.29) is 0 Å². The van der Waals surface area contributed by atoms with E-state index in [4.69, 9.17) is 15.2 Å². The second kappa shape index (κ2) is 4.81. The fraction of sp³-hybridized carbons (Fsp3) is 0.667. The topological polar surface area (TPSA) is 69.4 Å². The Morgan fingerprint density at radius 1 is 1.30 bits per heavy atom. The maximum Gasteiger partial charge on any atom is 0.239 e. The Labute approximate surface area is 118 Å². The molecule has 0 amide bonds. The van der Waals surface area contributed by atoms with E-state index in [2.05, 4.69) is 10.3 Å². The van der Waals surface area contributed by atoms with Gasteiger partial charge >= 0.3 is 0 Å². The predicted molar refractivity (Wildman–Crippen MR) is 76.8 cm³/mol. The first-order valence-electron chi connectivity index (χ1n) is 7.59. The summed E-state index contributed by atoms with van der Waals surface area (Å²) in [5.41, 5.74) is 6.54. The summed E-state index contributed by atoms with van der Waals surface area (Å²) in [6, 6.07) is 4.16. The van der Waals surface area contributed by atoms with E-state index in [1.165, 1.54) is 19.3 Å². The number of nitrogen functional groups attached to an aromatic ring is 1. The zero-order chi connectivity index (χ0) is 13.5. The molecule has 4 rings (SSSR count). The van der Waals surface area contributed by atoms with E-state index < -0.39 is 0 Å². The Balaban J connectivity index is 1.43. The van der Waals surface area contributed by atoms with E-state index in [1.54, 1.807) is 0 Å². The molecule has 3 unspecified atom stereocenters. The van der Waals surface area contributed by atoms with Crippen molar-refractivity contribution in [1.29, 1.82) is 0 Å². The maximum atomic E-state index is 5.92. The molecule has 20 heavy (non-hydrogen) atoms. The Morgan fingerprint density at radius 2 is 2.20 bits per heavy atom. The molecular formula is C15H21N3O2. The number of pyridine rings is 1. The molecule has 1 aliphatic carbocycles. The van der Waals surface area contributed by atoms with Crippen LogP contribution in [0.4, 0.5) is 11.5 Å². The first-order valence-corrected chi connectivity index (χ1v) is 7.59. The highest BCUT2D eigenvalue weighted by Crippen LogP contribution is 2.36. The lowest BCUT2D eigenvalue weighted by Crippen LogP contribution is -2.30. The van der Waals surface area contributed by atoms with Crippen LogP contribution in [0.25, 0.3) is 0 Å². The van der Waals surface area contributed by atoms with Crippen LogP contribution < -0.4 is 15.8 Å². The van der Waals surface area contributed by atoms with Crippen molar-refractivity contribution in [2.24, 2.45) is 5.92 Å². The van der Waals surface area contributed by atoms with Gasteiger partial charge in [0.2, 0.25) is 5.88 Å². The Morgan fingerprint density at radius 3 is 2.90 bits per heavy atom. The molecular weight excluding hydrogens is 254 g/mol. The van der Waals surface area contributed by atoms with E-state index in [9.17, 15) is 0 Å².